The van der Waals surface area contributed by atoms with Gasteiger partial charge in [-0.05, 0) is 54.3 Å². The summed E-state index contributed by atoms with van der Waals surface area (Å²) in [5, 5.41) is 22.9. The number of carbonyl (C=O) groups is 1. The molecule has 9 nitrogen and oxygen atoms in total. The number of aromatic nitrogens is 4. The Morgan fingerprint density at radius 1 is 1.11 bits per heavy atom. The third-order valence-corrected chi connectivity index (χ3v) is 6.79. The molecule has 0 amide bonds. The van der Waals surface area contributed by atoms with E-state index in [9.17, 15) is 9.90 Å². The largest absolute Gasteiger partial charge is 0.465 e. The van der Waals surface area contributed by atoms with Crippen LogP contribution in [0.3, 0.4) is 0 Å². The number of rotatable bonds is 10. The molecule has 37 heavy (non-hydrogen) atoms. The molecule has 0 bridgehead atoms. The van der Waals surface area contributed by atoms with Crippen LogP contribution in [-0.4, -0.2) is 66.3 Å². The van der Waals surface area contributed by atoms with Crippen LogP contribution in [0, 0.1) is 0 Å². The summed E-state index contributed by atoms with van der Waals surface area (Å²) in [6.07, 6.45) is 2.09. The maximum Gasteiger partial charge on any atom is 0.329 e. The normalized spacial score (nSPS) is 18.2. The van der Waals surface area contributed by atoms with Crippen molar-refractivity contribution in [3.63, 3.8) is 0 Å². The van der Waals surface area contributed by atoms with Gasteiger partial charge in [0.2, 0.25) is 0 Å². The van der Waals surface area contributed by atoms with Crippen molar-refractivity contribution in [2.24, 2.45) is 4.99 Å². The Balaban J connectivity index is 1.63. The minimum atomic E-state index is -1.22. The molecule has 3 aromatic rings. The predicted molar refractivity (Wildman–Crippen MR) is 147 cm³/mol. The molecule has 0 fully saturated rings. The van der Waals surface area contributed by atoms with Gasteiger partial charge in [-0.2, -0.15) is 0 Å². The Kier molecular flexibility index (Phi) is 8.47. The number of carbonyl (C=O) groups excluding carboxylic acids is 1. The second-order valence-corrected chi connectivity index (χ2v) is 9.96. The number of ether oxygens (including phenoxy) is 1. The smallest absolute Gasteiger partial charge is 0.329 e. The van der Waals surface area contributed by atoms with E-state index < -0.39 is 11.6 Å². The van der Waals surface area contributed by atoms with E-state index >= 15 is 0 Å². The van der Waals surface area contributed by atoms with Gasteiger partial charge in [0.15, 0.2) is 11.9 Å². The highest BCUT2D eigenvalue weighted by Crippen LogP contribution is 2.33. The summed E-state index contributed by atoms with van der Waals surface area (Å²) >= 11 is 0. The lowest BCUT2D eigenvalue weighted by atomic mass is 9.95. The number of tetrazole rings is 1. The van der Waals surface area contributed by atoms with Crippen LogP contribution in [-0.2, 0) is 22.4 Å². The molecule has 0 saturated carbocycles. The van der Waals surface area contributed by atoms with Gasteiger partial charge in [-0.3, -0.25) is 9.89 Å². The summed E-state index contributed by atoms with van der Waals surface area (Å²) in [6.45, 7) is 8.00. The van der Waals surface area contributed by atoms with Crippen molar-refractivity contribution in [1.29, 1.82) is 0 Å². The van der Waals surface area contributed by atoms with Gasteiger partial charge >= 0.3 is 5.97 Å². The number of esters is 1. The molecule has 0 aliphatic carbocycles. The zero-order chi connectivity index (χ0) is 26.6. The van der Waals surface area contributed by atoms with Crippen molar-refractivity contribution in [2.75, 3.05) is 6.61 Å². The van der Waals surface area contributed by atoms with Gasteiger partial charge in [0.05, 0.1) is 24.2 Å². The second-order valence-electron chi connectivity index (χ2n) is 9.60. The minimum Gasteiger partial charge on any atom is -0.465 e. The SMILES string of the molecule is CCCC1N=C(C(C)(C)O)C(C(=O)OCC)N1Cc1ccc(-c2ccccc2-c2nnnn2CP)cc1. The Morgan fingerprint density at radius 3 is 2.43 bits per heavy atom. The van der Waals surface area contributed by atoms with Crippen LogP contribution in [0.2, 0.25) is 0 Å². The molecule has 1 N–H and O–H groups in total. The molecule has 3 atom stereocenters. The van der Waals surface area contributed by atoms with E-state index in [4.69, 9.17) is 9.73 Å². The standard InChI is InChI=1S/C27H35N6O3P/c1-5-9-22-28-24(27(3,4)35)23(26(34)36-6-2)32(22)16-18-12-14-19(15-13-18)20-10-7-8-11-21(20)25-29-30-31-33(25)17-37/h7-8,10-15,22-23,35H,5-6,9,16-17,37H2,1-4H3. The molecular weight excluding hydrogens is 487 g/mol. The highest BCUT2D eigenvalue weighted by atomic mass is 31.0. The first-order valence-corrected chi connectivity index (χ1v) is 13.5. The van der Waals surface area contributed by atoms with Crippen LogP contribution in [0.15, 0.2) is 53.5 Å². The zero-order valence-electron chi connectivity index (χ0n) is 21.8. The van der Waals surface area contributed by atoms with Crippen LogP contribution in [0.25, 0.3) is 22.5 Å². The first kappa shape index (κ1) is 27.0. The average Bonchev–Trinajstić information content (AvgIpc) is 3.50. The summed E-state index contributed by atoms with van der Waals surface area (Å²) < 4.78 is 7.14. The molecule has 2 aromatic carbocycles. The Morgan fingerprint density at radius 2 is 1.81 bits per heavy atom. The third kappa shape index (κ3) is 5.79. The lowest BCUT2D eigenvalue weighted by molar-refractivity contribution is -0.147. The van der Waals surface area contributed by atoms with Gasteiger partial charge in [0, 0.05) is 12.1 Å². The summed E-state index contributed by atoms with van der Waals surface area (Å²) in [7, 11) is 2.64. The molecule has 0 radical (unpaired) electrons. The van der Waals surface area contributed by atoms with E-state index in [2.05, 4.69) is 62.0 Å². The molecule has 2 heterocycles. The van der Waals surface area contributed by atoms with Crippen molar-refractivity contribution in [3.8, 4) is 22.5 Å². The van der Waals surface area contributed by atoms with E-state index in [1.165, 1.54) is 0 Å². The first-order valence-electron chi connectivity index (χ1n) is 12.7. The van der Waals surface area contributed by atoms with E-state index in [0.29, 0.717) is 24.4 Å². The zero-order valence-corrected chi connectivity index (χ0v) is 23.0. The number of hydrogen-bond acceptors (Lipinski definition) is 8. The lowest BCUT2D eigenvalue weighted by Crippen LogP contribution is -2.51. The van der Waals surface area contributed by atoms with Gasteiger partial charge in [-0.15, -0.1) is 14.3 Å². The highest BCUT2D eigenvalue weighted by molar-refractivity contribution is 7.15. The van der Waals surface area contributed by atoms with E-state index in [-0.39, 0.29) is 18.7 Å². The number of benzene rings is 2. The van der Waals surface area contributed by atoms with Crippen molar-refractivity contribution >= 4 is 20.9 Å². The average molecular weight is 523 g/mol. The molecule has 1 aromatic heterocycles. The molecule has 1 aliphatic rings. The minimum absolute atomic E-state index is 0.202. The fourth-order valence-electron chi connectivity index (χ4n) is 4.73. The van der Waals surface area contributed by atoms with E-state index in [0.717, 1.165) is 35.1 Å². The quantitative estimate of drug-likeness (QED) is 0.318. The molecule has 4 rings (SSSR count). The monoisotopic (exact) mass is 522 g/mol. The fraction of sp³-hybridized carbons (Fsp3) is 0.444. The van der Waals surface area contributed by atoms with Crippen LogP contribution in [0.4, 0.5) is 0 Å². The van der Waals surface area contributed by atoms with Crippen molar-refractivity contribution in [3.05, 3.63) is 54.1 Å². The number of aliphatic imine (C=N–C) groups is 1. The van der Waals surface area contributed by atoms with Crippen LogP contribution in [0.1, 0.15) is 46.1 Å². The number of aliphatic hydroxyl groups is 1. The van der Waals surface area contributed by atoms with Gasteiger partial charge in [-0.25, -0.2) is 9.48 Å². The molecule has 0 spiro atoms. The second kappa shape index (κ2) is 11.6. The number of hydrogen-bond donors (Lipinski definition) is 1. The molecule has 10 heteroatoms. The van der Waals surface area contributed by atoms with Crippen LogP contribution in [0.5, 0.6) is 0 Å². The molecule has 3 unspecified atom stereocenters. The maximum atomic E-state index is 13.0. The Labute approximate surface area is 220 Å². The predicted octanol–water partition coefficient (Wildman–Crippen LogP) is 3.93. The Hall–Kier alpha value is -3.00. The maximum absolute atomic E-state index is 13.0. The van der Waals surface area contributed by atoms with Crippen molar-refractivity contribution in [1.82, 2.24) is 25.1 Å². The molecule has 196 valence electrons. The molecule has 1 aliphatic heterocycles. The topological polar surface area (TPSA) is 106 Å². The van der Waals surface area contributed by atoms with Crippen molar-refractivity contribution < 1.29 is 14.6 Å². The van der Waals surface area contributed by atoms with Crippen LogP contribution < -0.4 is 0 Å². The fourth-order valence-corrected chi connectivity index (χ4v) is 4.98. The van der Waals surface area contributed by atoms with E-state index in [1.54, 1.807) is 25.5 Å². The molecule has 0 saturated heterocycles. The summed E-state index contributed by atoms with van der Waals surface area (Å²) in [4.78, 5) is 19.9. The van der Waals surface area contributed by atoms with Gasteiger partial charge in [0.25, 0.3) is 0 Å². The lowest BCUT2D eigenvalue weighted by Gasteiger charge is -2.30. The van der Waals surface area contributed by atoms with Crippen LogP contribution >= 0.6 is 9.24 Å². The highest BCUT2D eigenvalue weighted by Gasteiger charge is 2.46. The van der Waals surface area contributed by atoms with Gasteiger partial charge in [-0.1, -0.05) is 61.9 Å². The third-order valence-electron chi connectivity index (χ3n) is 6.45. The summed E-state index contributed by atoms with van der Waals surface area (Å²) in [6, 6.07) is 15.6. The molecular formula is C27H35N6O3P. The Bertz CT molecular complexity index is 1250. The van der Waals surface area contributed by atoms with Gasteiger partial charge < -0.3 is 9.84 Å². The van der Waals surface area contributed by atoms with Gasteiger partial charge in [0.1, 0.15) is 6.17 Å². The summed E-state index contributed by atoms with van der Waals surface area (Å²) in [5.74, 6) is 0.335. The van der Waals surface area contributed by atoms with Crippen molar-refractivity contribution in [2.45, 2.75) is 71.2 Å². The number of nitrogens with zero attached hydrogens (tertiary/aromatic N) is 6. The summed E-state index contributed by atoms with van der Waals surface area (Å²) in [5.41, 5.74) is 3.31. The first-order chi connectivity index (χ1) is 17.8. The van der Waals surface area contributed by atoms with E-state index in [1.807, 2.05) is 23.1 Å².